The van der Waals surface area contributed by atoms with Gasteiger partial charge >= 0.3 is 0 Å². The van der Waals surface area contributed by atoms with Crippen LogP contribution in [0.25, 0.3) is 11.0 Å². The molecular formula is C23H34N6O. The van der Waals surface area contributed by atoms with E-state index in [2.05, 4.69) is 34.3 Å². The topological polar surface area (TPSA) is 67.6 Å². The number of aryl methyl sites for hydroxylation is 1. The molecule has 2 fully saturated rings. The maximum Gasteiger partial charge on any atom is 0.159 e. The van der Waals surface area contributed by atoms with Gasteiger partial charge in [0.15, 0.2) is 5.65 Å². The summed E-state index contributed by atoms with van der Waals surface area (Å²) in [5.41, 5.74) is 4.15. The molecule has 2 aromatic rings. The molecule has 30 heavy (non-hydrogen) atoms. The van der Waals surface area contributed by atoms with Crippen molar-refractivity contribution < 1.29 is 4.84 Å². The van der Waals surface area contributed by atoms with Crippen LogP contribution in [0.3, 0.4) is 0 Å². The third kappa shape index (κ3) is 3.57. The molecule has 162 valence electrons. The molecule has 0 radical (unpaired) electrons. The molecule has 1 N–H and O–H groups in total. The number of rotatable bonds is 5. The van der Waals surface area contributed by atoms with Crippen molar-refractivity contribution in [1.82, 2.24) is 19.7 Å². The van der Waals surface area contributed by atoms with Gasteiger partial charge in [0, 0.05) is 43.9 Å². The average molecular weight is 411 g/mol. The Morgan fingerprint density at radius 3 is 2.63 bits per heavy atom. The Kier molecular flexibility index (Phi) is 5.39. The van der Waals surface area contributed by atoms with Crippen molar-refractivity contribution in [2.75, 3.05) is 25.0 Å². The minimum atomic E-state index is -0.0835. The van der Waals surface area contributed by atoms with Crippen LogP contribution in [0.1, 0.15) is 70.8 Å². The summed E-state index contributed by atoms with van der Waals surface area (Å²) < 4.78 is 1.97. The molecule has 7 heteroatoms. The van der Waals surface area contributed by atoms with Crippen LogP contribution in [0, 0.1) is 0 Å². The maximum atomic E-state index is 6.07. The normalized spacial score (nSPS) is 22.4. The number of piperidine rings is 1. The summed E-state index contributed by atoms with van der Waals surface area (Å²) in [5, 5.41) is 14.2. The van der Waals surface area contributed by atoms with Gasteiger partial charge in [-0.3, -0.25) is 0 Å². The second kappa shape index (κ2) is 8.17. The number of fused-ring (bicyclic) bond motifs is 1. The van der Waals surface area contributed by atoms with E-state index < -0.39 is 0 Å². The number of pyridine rings is 1. The van der Waals surface area contributed by atoms with E-state index in [0.717, 1.165) is 86.3 Å². The largest absolute Gasteiger partial charge is 0.389 e. The van der Waals surface area contributed by atoms with Crippen LogP contribution < -0.4 is 5.32 Å². The van der Waals surface area contributed by atoms with Gasteiger partial charge in [-0.15, -0.1) is 0 Å². The van der Waals surface area contributed by atoms with E-state index in [-0.39, 0.29) is 5.60 Å². The van der Waals surface area contributed by atoms with E-state index >= 15 is 0 Å². The predicted octanol–water partition coefficient (Wildman–Crippen LogP) is 4.17. The van der Waals surface area contributed by atoms with Gasteiger partial charge in [0.2, 0.25) is 0 Å². The minimum Gasteiger partial charge on any atom is -0.389 e. The number of aromatic nitrogens is 3. The SMILES string of the molecule is CCN1CCC(Nc2c(C3=NOC4(CCCCC4)C3)cnc3c2cnn3CC)CC1. The van der Waals surface area contributed by atoms with Gasteiger partial charge in [-0.25, -0.2) is 9.67 Å². The molecule has 5 rings (SSSR count). The van der Waals surface area contributed by atoms with E-state index in [1.54, 1.807) is 0 Å². The molecule has 0 bridgehead atoms. The Morgan fingerprint density at radius 2 is 1.90 bits per heavy atom. The predicted molar refractivity (Wildman–Crippen MR) is 120 cm³/mol. The molecule has 4 heterocycles. The van der Waals surface area contributed by atoms with Crippen LogP contribution in [0.5, 0.6) is 0 Å². The highest BCUT2D eigenvalue weighted by molar-refractivity contribution is 6.10. The maximum absolute atomic E-state index is 6.07. The molecule has 1 aliphatic carbocycles. The summed E-state index contributed by atoms with van der Waals surface area (Å²) >= 11 is 0. The molecule has 2 aliphatic heterocycles. The van der Waals surface area contributed by atoms with Crippen molar-refractivity contribution in [3.8, 4) is 0 Å². The molecule has 1 saturated heterocycles. The van der Waals surface area contributed by atoms with Crippen LogP contribution in [-0.2, 0) is 11.4 Å². The van der Waals surface area contributed by atoms with E-state index in [1.165, 1.54) is 19.3 Å². The minimum absolute atomic E-state index is 0.0835. The highest BCUT2D eigenvalue weighted by Crippen LogP contribution is 2.41. The number of nitrogens with one attached hydrogen (secondary N) is 1. The Morgan fingerprint density at radius 1 is 1.10 bits per heavy atom. The molecular weight excluding hydrogens is 376 g/mol. The second-order valence-corrected chi connectivity index (χ2v) is 9.15. The highest BCUT2D eigenvalue weighted by Gasteiger charge is 2.41. The van der Waals surface area contributed by atoms with E-state index in [0.29, 0.717) is 6.04 Å². The lowest BCUT2D eigenvalue weighted by Gasteiger charge is -2.32. The van der Waals surface area contributed by atoms with Crippen LogP contribution >= 0.6 is 0 Å². The zero-order valence-corrected chi connectivity index (χ0v) is 18.4. The molecule has 7 nitrogen and oxygen atoms in total. The summed E-state index contributed by atoms with van der Waals surface area (Å²) in [6, 6.07) is 0.466. The van der Waals surface area contributed by atoms with E-state index in [9.17, 15) is 0 Å². The molecule has 0 unspecified atom stereocenters. The third-order valence-electron chi connectivity index (χ3n) is 7.26. The highest BCUT2D eigenvalue weighted by atomic mass is 16.7. The first-order chi connectivity index (χ1) is 14.7. The molecule has 3 aliphatic rings. The lowest BCUT2D eigenvalue weighted by molar-refractivity contribution is -0.0449. The monoisotopic (exact) mass is 410 g/mol. The number of oxime groups is 1. The van der Waals surface area contributed by atoms with Crippen molar-refractivity contribution in [1.29, 1.82) is 0 Å². The van der Waals surface area contributed by atoms with Crippen LogP contribution in [0.2, 0.25) is 0 Å². The standard InChI is InChI=1S/C23H34N6O/c1-3-28-12-8-17(9-13-28)26-21-18(15-24-22-19(21)16-25-29(22)4-2)20-14-23(30-27-20)10-6-5-7-11-23/h15-17H,3-14H2,1-2H3,(H,24,26). The Labute approximate surface area is 178 Å². The van der Waals surface area contributed by atoms with Crippen molar-refractivity contribution in [3.63, 3.8) is 0 Å². The van der Waals surface area contributed by atoms with Crippen molar-refractivity contribution >= 4 is 22.4 Å². The van der Waals surface area contributed by atoms with Crippen molar-refractivity contribution in [3.05, 3.63) is 18.0 Å². The van der Waals surface area contributed by atoms with E-state index in [1.807, 2.05) is 17.1 Å². The third-order valence-corrected chi connectivity index (χ3v) is 7.26. The summed E-state index contributed by atoms with van der Waals surface area (Å²) in [6.07, 6.45) is 13.2. The van der Waals surface area contributed by atoms with Gasteiger partial charge in [0.25, 0.3) is 0 Å². The first kappa shape index (κ1) is 19.8. The fourth-order valence-electron chi connectivity index (χ4n) is 5.36. The van der Waals surface area contributed by atoms with Gasteiger partial charge in [0.1, 0.15) is 5.60 Å². The summed E-state index contributed by atoms with van der Waals surface area (Å²) in [7, 11) is 0. The number of likely N-dealkylation sites (tertiary alicyclic amines) is 1. The average Bonchev–Trinajstić information content (AvgIpc) is 3.39. The number of nitrogens with zero attached hydrogens (tertiary/aromatic N) is 5. The molecule has 1 spiro atoms. The number of hydrogen-bond acceptors (Lipinski definition) is 6. The summed E-state index contributed by atoms with van der Waals surface area (Å²) in [5.74, 6) is 0. The Bertz CT molecular complexity index is 921. The number of anilines is 1. The van der Waals surface area contributed by atoms with Crippen molar-refractivity contribution in [2.45, 2.75) is 83.4 Å². The van der Waals surface area contributed by atoms with E-state index in [4.69, 9.17) is 9.82 Å². The lowest BCUT2D eigenvalue weighted by Crippen LogP contribution is -2.39. The Hall–Kier alpha value is -2.15. The van der Waals surface area contributed by atoms with Crippen molar-refractivity contribution in [2.24, 2.45) is 5.16 Å². The summed E-state index contributed by atoms with van der Waals surface area (Å²) in [6.45, 7) is 8.61. The van der Waals surface area contributed by atoms with Gasteiger partial charge in [-0.1, -0.05) is 18.5 Å². The Balaban J connectivity index is 1.46. The zero-order chi connectivity index (χ0) is 20.6. The zero-order valence-electron chi connectivity index (χ0n) is 18.4. The quantitative estimate of drug-likeness (QED) is 0.801. The smallest absolute Gasteiger partial charge is 0.159 e. The van der Waals surface area contributed by atoms with Gasteiger partial charge in [-0.2, -0.15) is 5.10 Å². The first-order valence-corrected chi connectivity index (χ1v) is 11.8. The summed E-state index contributed by atoms with van der Waals surface area (Å²) in [4.78, 5) is 13.4. The second-order valence-electron chi connectivity index (χ2n) is 9.15. The molecule has 1 saturated carbocycles. The fraction of sp³-hybridized carbons (Fsp3) is 0.696. The van der Waals surface area contributed by atoms with Crippen LogP contribution in [0.15, 0.2) is 17.5 Å². The number of hydrogen-bond donors (Lipinski definition) is 1. The molecule has 0 amide bonds. The van der Waals surface area contributed by atoms with Crippen LogP contribution in [-0.4, -0.2) is 56.7 Å². The first-order valence-electron chi connectivity index (χ1n) is 11.8. The van der Waals surface area contributed by atoms with Crippen LogP contribution in [0.4, 0.5) is 5.69 Å². The van der Waals surface area contributed by atoms with Gasteiger partial charge in [0.05, 0.1) is 23.0 Å². The lowest BCUT2D eigenvalue weighted by atomic mass is 9.80. The molecule has 0 aromatic carbocycles. The fourth-order valence-corrected chi connectivity index (χ4v) is 5.36. The molecule has 0 atom stereocenters. The molecule has 2 aromatic heterocycles. The van der Waals surface area contributed by atoms with Gasteiger partial charge < -0.3 is 15.1 Å². The van der Waals surface area contributed by atoms with Gasteiger partial charge in [-0.05, 0) is 52.0 Å².